The van der Waals surface area contributed by atoms with Crippen LogP contribution in [0.5, 0.6) is 11.5 Å². The van der Waals surface area contributed by atoms with Crippen LogP contribution < -0.4 is 9.30 Å². The van der Waals surface area contributed by atoms with Gasteiger partial charge in [0.15, 0.2) is 0 Å². The first-order valence-corrected chi connectivity index (χ1v) is 26.1. The van der Waals surface area contributed by atoms with E-state index in [0.717, 1.165) is 61.4 Å². The van der Waals surface area contributed by atoms with E-state index < -0.39 is 5.41 Å². The summed E-state index contributed by atoms with van der Waals surface area (Å²) in [6, 6.07) is 76.8. The maximum atomic E-state index is 7.10. The Balaban J connectivity index is 0.00000657. The van der Waals surface area contributed by atoms with E-state index in [2.05, 4.69) is 296 Å². The molecule has 0 aliphatic heterocycles. The molecule has 0 atom stereocenters. The Morgan fingerprint density at radius 2 is 1.07 bits per heavy atom. The Bertz CT molecular complexity index is 3860. The van der Waals surface area contributed by atoms with Crippen molar-refractivity contribution in [1.29, 1.82) is 0 Å². The molecule has 382 valence electrons. The van der Waals surface area contributed by atoms with Gasteiger partial charge < -0.3 is 13.9 Å². The van der Waals surface area contributed by atoms with Crippen molar-refractivity contribution in [3.8, 4) is 51.1 Å². The number of rotatable bonds is 11. The molecule has 0 unspecified atom stereocenters. The van der Waals surface area contributed by atoms with Crippen molar-refractivity contribution in [3.63, 3.8) is 0 Å². The van der Waals surface area contributed by atoms with E-state index in [-0.39, 0.29) is 37.3 Å². The smallest absolute Gasteiger partial charge is 0.267 e. The standard InChI is InChI=1S/C70H64N4O.Pt/c1-67(2,3)53-35-36-71-66(43-53)74-63-34-31-54(69(7,8)51-27-19-13-20-28-51)42-62(63)61-33-32-59(45-64(61)74)75-60-41-56(70(9,10)52-29-21-14-22-30-52)40-58(44-60)73-47-72(46-65(73)49-25-17-12-18-26-49)57-38-50(48-23-15-11-16-24-48)37-55(39-57)68(4,5)6;/h11-43,46H,1-10H3;/q-2;. The molecule has 0 aliphatic carbocycles. The topological polar surface area (TPSA) is 35.9 Å². The van der Waals surface area contributed by atoms with Crippen molar-refractivity contribution < 1.29 is 30.4 Å². The first-order chi connectivity index (χ1) is 35.9. The molecule has 0 spiro atoms. The molecular formula is C70H64N4OPt-2. The molecule has 8 aromatic carbocycles. The van der Waals surface area contributed by atoms with Gasteiger partial charge in [0, 0.05) is 55.9 Å². The van der Waals surface area contributed by atoms with Gasteiger partial charge in [-0.1, -0.05) is 214 Å². The van der Waals surface area contributed by atoms with Crippen molar-refractivity contribution in [2.75, 3.05) is 0 Å². The average molecular weight is 1170 g/mol. The maximum Gasteiger partial charge on any atom is 0.267 e. The molecule has 0 radical (unpaired) electrons. The van der Waals surface area contributed by atoms with E-state index in [0.29, 0.717) is 11.5 Å². The van der Waals surface area contributed by atoms with E-state index in [1.54, 1.807) is 0 Å². The van der Waals surface area contributed by atoms with Crippen molar-refractivity contribution in [1.82, 2.24) is 14.1 Å². The third kappa shape index (κ3) is 10.0. The average Bonchev–Trinajstić information content (AvgIpc) is 4.04. The van der Waals surface area contributed by atoms with E-state index >= 15 is 0 Å². The molecule has 5 nitrogen and oxygen atoms in total. The van der Waals surface area contributed by atoms with Gasteiger partial charge in [-0.15, -0.1) is 35.2 Å². The van der Waals surface area contributed by atoms with Crippen LogP contribution in [0.2, 0.25) is 0 Å². The minimum atomic E-state index is -0.417. The molecule has 76 heavy (non-hydrogen) atoms. The van der Waals surface area contributed by atoms with E-state index in [4.69, 9.17) is 9.72 Å². The molecule has 3 heterocycles. The number of fused-ring (bicyclic) bond motifs is 3. The van der Waals surface area contributed by atoms with Gasteiger partial charge in [0.2, 0.25) is 0 Å². The number of hydrogen-bond donors (Lipinski definition) is 0. The molecule has 0 N–H and O–H groups in total. The summed E-state index contributed by atoms with van der Waals surface area (Å²) in [7, 11) is 0. The van der Waals surface area contributed by atoms with Gasteiger partial charge >= 0.3 is 0 Å². The molecule has 0 saturated heterocycles. The number of pyridine rings is 1. The maximum absolute atomic E-state index is 7.10. The van der Waals surface area contributed by atoms with Crippen LogP contribution in [0, 0.1) is 18.5 Å². The van der Waals surface area contributed by atoms with Gasteiger partial charge in [-0.05, 0) is 102 Å². The Labute approximate surface area is 463 Å². The Morgan fingerprint density at radius 3 is 1.70 bits per heavy atom. The minimum Gasteiger partial charge on any atom is -0.510 e. The summed E-state index contributed by atoms with van der Waals surface area (Å²) in [4.78, 5) is 5.02. The van der Waals surface area contributed by atoms with Crippen molar-refractivity contribution in [3.05, 3.63) is 258 Å². The molecule has 0 bridgehead atoms. The summed E-state index contributed by atoms with van der Waals surface area (Å²) in [5.74, 6) is 1.97. The summed E-state index contributed by atoms with van der Waals surface area (Å²) in [5, 5.41) is 2.20. The van der Waals surface area contributed by atoms with Crippen LogP contribution in [-0.2, 0) is 42.7 Å². The van der Waals surface area contributed by atoms with Gasteiger partial charge in [-0.3, -0.25) is 4.57 Å². The summed E-state index contributed by atoms with van der Waals surface area (Å²) < 4.78 is 13.6. The quantitative estimate of drug-likeness (QED) is 0.0956. The minimum absolute atomic E-state index is 0. The molecule has 3 aromatic heterocycles. The molecular weight excluding hydrogens is 1110 g/mol. The SMILES string of the molecule is CC(C)(C)c1cc(-c2ccccc2)cc(-[n+]2[c-]n(-c3[c-]c(Oc4[c-]c5c(cc4)c4cc(C(C)(C)c6ccccc6)ccc4n5-c4cc(C(C)(C)C)ccn4)cc(C(C)(C)c4ccccc4)c3)c(-c3ccccc3)c2)c1.[Pt]. The molecule has 0 saturated carbocycles. The van der Waals surface area contributed by atoms with E-state index in [1.165, 1.54) is 33.4 Å². The summed E-state index contributed by atoms with van der Waals surface area (Å²) in [6.07, 6.45) is 7.92. The first-order valence-electron chi connectivity index (χ1n) is 26.1. The Morgan fingerprint density at radius 1 is 0.461 bits per heavy atom. The number of aromatic nitrogens is 4. The van der Waals surface area contributed by atoms with Crippen molar-refractivity contribution >= 4 is 21.8 Å². The third-order valence-corrected chi connectivity index (χ3v) is 15.2. The van der Waals surface area contributed by atoms with Gasteiger partial charge in [-0.2, -0.15) is 12.1 Å². The second kappa shape index (κ2) is 20.2. The first kappa shape index (κ1) is 51.9. The second-order valence-corrected chi connectivity index (χ2v) is 23.1. The van der Waals surface area contributed by atoms with E-state index in [9.17, 15) is 0 Å². The van der Waals surface area contributed by atoms with Crippen LogP contribution >= 0.6 is 0 Å². The van der Waals surface area contributed by atoms with Crippen LogP contribution in [0.15, 0.2) is 207 Å². The number of nitrogens with zero attached hydrogens (tertiary/aromatic N) is 4. The molecule has 0 fully saturated rings. The summed E-state index contributed by atoms with van der Waals surface area (Å²) >= 11 is 0. The molecule has 11 rings (SSSR count). The number of ether oxygens (including phenoxy) is 1. The third-order valence-electron chi connectivity index (χ3n) is 15.2. The van der Waals surface area contributed by atoms with Crippen molar-refractivity contribution in [2.45, 2.75) is 90.9 Å². The number of benzene rings is 8. The Hall–Kier alpha value is -7.59. The molecule has 6 heteroatoms. The second-order valence-electron chi connectivity index (χ2n) is 23.1. The zero-order chi connectivity index (χ0) is 52.3. The fourth-order valence-electron chi connectivity index (χ4n) is 10.3. The largest absolute Gasteiger partial charge is 0.510 e. The van der Waals surface area contributed by atoms with Crippen LogP contribution in [0.25, 0.3) is 61.4 Å². The summed E-state index contributed by atoms with van der Waals surface area (Å²) in [5.41, 5.74) is 14.5. The van der Waals surface area contributed by atoms with Crippen molar-refractivity contribution in [2.24, 2.45) is 0 Å². The predicted molar refractivity (Wildman–Crippen MR) is 308 cm³/mol. The van der Waals surface area contributed by atoms with Crippen LogP contribution in [0.4, 0.5) is 0 Å². The number of imidazole rings is 1. The Kier molecular flexibility index (Phi) is 13.8. The fraction of sp³-hybridized carbons (Fsp3) is 0.200. The van der Waals surface area contributed by atoms with E-state index in [1.807, 2.05) is 12.3 Å². The zero-order valence-electron chi connectivity index (χ0n) is 45.1. The van der Waals surface area contributed by atoms with Gasteiger partial charge in [0.1, 0.15) is 5.82 Å². The predicted octanol–water partition coefficient (Wildman–Crippen LogP) is 17.0. The molecule has 0 amide bonds. The molecule has 11 aromatic rings. The molecule has 0 aliphatic rings. The monoisotopic (exact) mass is 1170 g/mol. The summed E-state index contributed by atoms with van der Waals surface area (Å²) in [6.45, 7) is 22.7. The van der Waals surface area contributed by atoms with Crippen LogP contribution in [-0.4, -0.2) is 14.1 Å². The number of hydrogen-bond acceptors (Lipinski definition) is 2. The zero-order valence-corrected chi connectivity index (χ0v) is 47.4. The van der Waals surface area contributed by atoms with Gasteiger partial charge in [-0.25, -0.2) is 4.98 Å². The van der Waals surface area contributed by atoms with Crippen LogP contribution in [0.1, 0.15) is 103 Å². The van der Waals surface area contributed by atoms with Gasteiger partial charge in [0.05, 0.1) is 11.4 Å². The van der Waals surface area contributed by atoms with Crippen LogP contribution in [0.3, 0.4) is 0 Å². The van der Waals surface area contributed by atoms with Gasteiger partial charge in [0.25, 0.3) is 6.33 Å². The fourth-order valence-corrected chi connectivity index (χ4v) is 10.3. The normalized spacial score (nSPS) is 12.2.